The van der Waals surface area contributed by atoms with Gasteiger partial charge in [0, 0.05) is 55.0 Å². The van der Waals surface area contributed by atoms with Crippen LogP contribution in [0.25, 0.3) is 115 Å². The molecule has 7 heteroatoms. The summed E-state index contributed by atoms with van der Waals surface area (Å²) in [6.45, 7) is 27.7. The molecule has 11 rings (SSSR count). The molecule has 3 aromatic heterocycles. The van der Waals surface area contributed by atoms with Crippen molar-refractivity contribution < 1.29 is 0 Å². The Morgan fingerprint density at radius 2 is 0.530 bits per heavy atom. The molecule has 0 spiro atoms. The number of aromatic nitrogens is 4. The summed E-state index contributed by atoms with van der Waals surface area (Å²) in [5.74, 6) is 0. The third kappa shape index (κ3) is 13.0. The molecule has 4 nitrogen and oxygen atoms in total. The third-order valence-corrected chi connectivity index (χ3v) is 17.9. The maximum absolute atomic E-state index is 5.73. The maximum atomic E-state index is 5.73. The molecular weight excluding hydrogens is 1350 g/mol. The number of fused-ring (bicyclic) bond motifs is 8. The first-order valence-electron chi connectivity index (χ1n) is 28.6. The summed E-state index contributed by atoms with van der Waals surface area (Å²) in [6.07, 6.45) is 17.9. The number of H-pyrrole nitrogens is 2. The van der Waals surface area contributed by atoms with Crippen LogP contribution in [0.4, 0.5) is 0 Å². The van der Waals surface area contributed by atoms with Crippen molar-refractivity contribution in [1.29, 1.82) is 0 Å². The van der Waals surface area contributed by atoms with Gasteiger partial charge in [-0.1, -0.05) is 180 Å². The number of hydrogen-bond donors (Lipinski definition) is 2. The number of aromatic amines is 2. The summed E-state index contributed by atoms with van der Waals surface area (Å²) in [6, 6.07) is 56.3. The zero-order valence-electron chi connectivity index (χ0n) is 49.6. The van der Waals surface area contributed by atoms with Gasteiger partial charge in [0.2, 0.25) is 0 Å². The topological polar surface area (TPSA) is 57.4 Å². The molecule has 0 saturated heterocycles. The lowest BCUT2D eigenvalue weighted by Crippen LogP contribution is -2.16. The maximum Gasteiger partial charge on any atom is 0.0737 e. The smallest absolute Gasteiger partial charge is 0.0737 e. The van der Waals surface area contributed by atoms with E-state index in [0.717, 1.165) is 100 Å². The first-order valence-corrected chi connectivity index (χ1v) is 31.8. The summed E-state index contributed by atoms with van der Waals surface area (Å²) in [7, 11) is 0. The Balaban J connectivity index is 1.23. The standard InChI is InChI=1S/C76H71I3N4/c1-73(2,3)54-40-48(41-55(44-54)74(4,5)6)15-13-46-37-47(14-16-49-42-56(75(7,8)9)45-57(43-49)76(10,11)12)39-53(38-46)72-67-35-33-65(82-67)70(51-19-25-59(78)26-20-51)63-31-29-61(80-63)69(50-17-23-58(77)24-18-50)62-30-32-64(81-62)71(66-34-36-68(72)83-66)52-21-27-60(79)28-22-52/h13-45,80,83H,1-12H3/b15-13+,16-14+,69-61?,69-62?,70-63?,70-65?,71-64?,71-66?,72-67?,72-68?. The van der Waals surface area contributed by atoms with Gasteiger partial charge in [0.1, 0.15) is 0 Å². The van der Waals surface area contributed by atoms with Crippen molar-refractivity contribution in [3.63, 3.8) is 0 Å². The van der Waals surface area contributed by atoms with Gasteiger partial charge in [-0.3, -0.25) is 0 Å². The van der Waals surface area contributed by atoms with Crippen molar-refractivity contribution in [2.24, 2.45) is 0 Å². The quantitative estimate of drug-likeness (QED) is 0.118. The van der Waals surface area contributed by atoms with Crippen molar-refractivity contribution in [2.45, 2.75) is 105 Å². The van der Waals surface area contributed by atoms with Crippen LogP contribution in [-0.2, 0) is 21.7 Å². The van der Waals surface area contributed by atoms with Gasteiger partial charge in [-0.05, 0) is 259 Å². The zero-order chi connectivity index (χ0) is 58.8. The normalized spacial score (nSPS) is 13.0. The Morgan fingerprint density at radius 3 is 0.783 bits per heavy atom. The SMILES string of the molecule is CC(C)(C)c1cc(/C=C/c2cc(/C=C/c3cc(C(C)(C)C)cc(C(C)(C)C)c3)cc(-c3c4nc(c(-c5ccc(I)cc5)c5ccc([nH]5)c(-c5ccc(I)cc5)c5nc(c(-c6ccc(I)cc6)c6ccc3[nH]6)C=C5)C=C4)c2)cc(C(C)(C)C)c1. The molecule has 0 fully saturated rings. The Labute approximate surface area is 532 Å². The van der Waals surface area contributed by atoms with Gasteiger partial charge < -0.3 is 9.97 Å². The zero-order valence-corrected chi connectivity index (χ0v) is 56.1. The van der Waals surface area contributed by atoms with E-state index in [1.54, 1.807) is 0 Å². The van der Waals surface area contributed by atoms with Gasteiger partial charge in [0.05, 0.1) is 22.8 Å². The van der Waals surface area contributed by atoms with Crippen LogP contribution in [0.2, 0.25) is 0 Å². The number of hydrogen-bond acceptors (Lipinski definition) is 2. The molecule has 0 unspecified atom stereocenters. The van der Waals surface area contributed by atoms with Crippen LogP contribution in [0.15, 0.2) is 152 Å². The second-order valence-corrected chi connectivity index (χ2v) is 30.0. The lowest BCUT2D eigenvalue weighted by Gasteiger charge is -2.25. The second kappa shape index (κ2) is 22.9. The molecule has 83 heavy (non-hydrogen) atoms. The van der Waals surface area contributed by atoms with Crippen LogP contribution < -0.4 is 0 Å². The van der Waals surface area contributed by atoms with Crippen LogP contribution in [0.1, 0.15) is 150 Å². The monoisotopic (exact) mass is 1420 g/mol. The molecule has 0 atom stereocenters. The molecule has 0 amide bonds. The van der Waals surface area contributed by atoms with E-state index < -0.39 is 0 Å². The lowest BCUT2D eigenvalue weighted by atomic mass is 9.79. The second-order valence-electron chi connectivity index (χ2n) is 26.3. The molecule has 8 bridgehead atoms. The number of rotatable bonds is 8. The average molecular weight is 1420 g/mol. The number of benzene rings is 6. The fraction of sp³-hybridized carbons (Fsp3) is 0.211. The molecule has 5 heterocycles. The molecule has 2 aliphatic heterocycles. The minimum atomic E-state index is -0.0141. The van der Waals surface area contributed by atoms with E-state index in [9.17, 15) is 0 Å². The number of halogens is 3. The van der Waals surface area contributed by atoms with E-state index >= 15 is 0 Å². The van der Waals surface area contributed by atoms with Crippen LogP contribution in [0, 0.1) is 10.7 Å². The number of nitrogens with one attached hydrogen (secondary N) is 2. The van der Waals surface area contributed by atoms with Crippen LogP contribution in [0.5, 0.6) is 0 Å². The summed E-state index contributed by atoms with van der Waals surface area (Å²) in [5, 5.41) is 0. The molecule has 0 saturated carbocycles. The molecule has 2 aliphatic rings. The summed E-state index contributed by atoms with van der Waals surface area (Å²) in [4.78, 5) is 19.3. The highest BCUT2D eigenvalue weighted by Crippen LogP contribution is 2.41. The third-order valence-electron chi connectivity index (χ3n) is 15.7. The van der Waals surface area contributed by atoms with E-state index in [1.165, 1.54) is 44.1 Å². The molecule has 0 aliphatic carbocycles. The highest BCUT2D eigenvalue weighted by atomic mass is 127. The van der Waals surface area contributed by atoms with Gasteiger partial charge in [-0.25, -0.2) is 9.97 Å². The van der Waals surface area contributed by atoms with E-state index in [2.05, 4.69) is 361 Å². The lowest BCUT2D eigenvalue weighted by molar-refractivity contribution is 0.568. The minimum absolute atomic E-state index is 0.0141. The Morgan fingerprint density at radius 1 is 0.289 bits per heavy atom. The summed E-state index contributed by atoms with van der Waals surface area (Å²) < 4.78 is 3.51. The van der Waals surface area contributed by atoms with Gasteiger partial charge in [-0.15, -0.1) is 0 Å². The molecular formula is C76H71I3N4. The number of nitrogens with zero attached hydrogens (tertiary/aromatic N) is 2. The highest BCUT2D eigenvalue weighted by Gasteiger charge is 2.24. The largest absolute Gasteiger partial charge is 0.354 e. The van der Waals surface area contributed by atoms with E-state index in [-0.39, 0.29) is 21.7 Å². The van der Waals surface area contributed by atoms with E-state index in [4.69, 9.17) is 9.97 Å². The fourth-order valence-corrected chi connectivity index (χ4v) is 12.0. The van der Waals surface area contributed by atoms with E-state index in [1.807, 2.05) is 0 Å². The van der Waals surface area contributed by atoms with Crippen molar-refractivity contribution in [3.05, 3.63) is 230 Å². The Kier molecular flexibility index (Phi) is 16.1. The predicted molar refractivity (Wildman–Crippen MR) is 384 cm³/mol. The van der Waals surface area contributed by atoms with Crippen LogP contribution >= 0.6 is 67.8 Å². The van der Waals surface area contributed by atoms with Crippen molar-refractivity contribution in [3.8, 4) is 44.5 Å². The van der Waals surface area contributed by atoms with Gasteiger partial charge >= 0.3 is 0 Å². The Bertz CT molecular complexity index is 4070. The molecule has 9 aromatic rings. The predicted octanol–water partition coefficient (Wildman–Crippen LogP) is 22.7. The molecule has 416 valence electrons. The van der Waals surface area contributed by atoms with Crippen molar-refractivity contribution >= 4 is 138 Å². The molecule has 6 aromatic carbocycles. The highest BCUT2D eigenvalue weighted by molar-refractivity contribution is 14.1. The summed E-state index contributed by atoms with van der Waals surface area (Å²) >= 11 is 7.17. The first-order chi connectivity index (χ1) is 39.3. The van der Waals surface area contributed by atoms with Crippen LogP contribution in [0.3, 0.4) is 0 Å². The van der Waals surface area contributed by atoms with Crippen molar-refractivity contribution in [1.82, 2.24) is 19.9 Å². The first kappa shape index (κ1) is 58.4. The van der Waals surface area contributed by atoms with E-state index in [0.29, 0.717) is 0 Å². The fourth-order valence-electron chi connectivity index (χ4n) is 10.9. The Hall–Kier alpha value is -6.41. The average Bonchev–Trinajstić information content (AvgIpc) is 4.23. The van der Waals surface area contributed by atoms with Crippen molar-refractivity contribution in [2.75, 3.05) is 0 Å². The van der Waals surface area contributed by atoms with Gasteiger partial charge in [0.25, 0.3) is 0 Å². The minimum Gasteiger partial charge on any atom is -0.354 e. The van der Waals surface area contributed by atoms with Gasteiger partial charge in [-0.2, -0.15) is 0 Å². The summed E-state index contributed by atoms with van der Waals surface area (Å²) in [5.41, 5.74) is 25.5. The molecule has 2 N–H and O–H groups in total. The molecule has 0 radical (unpaired) electrons. The van der Waals surface area contributed by atoms with Gasteiger partial charge in [0.15, 0.2) is 0 Å². The van der Waals surface area contributed by atoms with Crippen LogP contribution in [-0.4, -0.2) is 19.9 Å².